The van der Waals surface area contributed by atoms with Crippen molar-refractivity contribution in [2.75, 3.05) is 0 Å². The number of H-pyrrole nitrogens is 1. The highest BCUT2D eigenvalue weighted by molar-refractivity contribution is 6.30. The maximum atomic E-state index is 11.5. The molecule has 5 rings (SSSR count). The van der Waals surface area contributed by atoms with E-state index in [0.29, 0.717) is 28.8 Å². The van der Waals surface area contributed by atoms with E-state index in [1.807, 2.05) is 18.2 Å². The minimum Gasteiger partial charge on any atom is -0.354 e. The minimum atomic E-state index is -0.348. The lowest BCUT2D eigenvalue weighted by molar-refractivity contribution is 0.433. The maximum absolute atomic E-state index is 11.5. The predicted molar refractivity (Wildman–Crippen MR) is 114 cm³/mol. The zero-order valence-corrected chi connectivity index (χ0v) is 16.7. The van der Waals surface area contributed by atoms with Gasteiger partial charge in [0, 0.05) is 36.0 Å². The lowest BCUT2D eigenvalue weighted by atomic mass is 10.1. The number of aromatic amines is 1. The zero-order chi connectivity index (χ0) is 20.5. The zero-order valence-electron chi connectivity index (χ0n) is 15.9. The number of rotatable bonds is 6. The number of nitrogens with zero attached hydrogens (tertiary/aromatic N) is 3. The fourth-order valence-corrected chi connectivity index (χ4v) is 3.27. The second-order valence-electron chi connectivity index (χ2n) is 7.28. The van der Waals surface area contributed by atoms with Crippen molar-refractivity contribution in [3.8, 4) is 34.0 Å². The fourth-order valence-electron chi connectivity index (χ4n) is 3.10. The smallest absolute Gasteiger partial charge is 0.266 e. The lowest BCUT2D eigenvalue weighted by Crippen LogP contribution is -2.14. The molecule has 8 heteroatoms. The number of hydrogen-bond donors (Lipinski definition) is 2. The van der Waals surface area contributed by atoms with Gasteiger partial charge in [0.05, 0.1) is 18.1 Å². The summed E-state index contributed by atoms with van der Waals surface area (Å²) < 4.78 is 5.51. The molecule has 1 saturated carbocycles. The Balaban J connectivity index is 1.37. The van der Waals surface area contributed by atoms with Gasteiger partial charge in [-0.2, -0.15) is 0 Å². The first kappa shape index (κ1) is 18.7. The van der Waals surface area contributed by atoms with Gasteiger partial charge < -0.3 is 14.8 Å². The van der Waals surface area contributed by atoms with Crippen molar-refractivity contribution in [3.63, 3.8) is 0 Å². The quantitative estimate of drug-likeness (QED) is 0.489. The highest BCUT2D eigenvalue weighted by atomic mass is 35.5. The molecule has 0 atom stereocenters. The number of nitrogens with one attached hydrogen (secondary N) is 2. The summed E-state index contributed by atoms with van der Waals surface area (Å²) >= 11 is 5.92. The molecule has 1 fully saturated rings. The first-order chi connectivity index (χ1) is 14.7. The molecule has 3 heterocycles. The molecule has 7 nitrogen and oxygen atoms in total. The van der Waals surface area contributed by atoms with Gasteiger partial charge in [0.25, 0.3) is 5.56 Å². The minimum absolute atomic E-state index is 0.0948. The molecule has 0 saturated heterocycles. The first-order valence-electron chi connectivity index (χ1n) is 9.66. The van der Waals surface area contributed by atoms with Gasteiger partial charge in [-0.15, -0.1) is 0 Å². The van der Waals surface area contributed by atoms with Gasteiger partial charge in [-0.1, -0.05) is 41.0 Å². The largest absolute Gasteiger partial charge is 0.354 e. The molecule has 0 bridgehead atoms. The molecule has 4 aromatic rings. The Bertz CT molecular complexity index is 1240. The highest BCUT2D eigenvalue weighted by Crippen LogP contribution is 2.27. The Hall–Kier alpha value is -3.29. The number of aromatic nitrogens is 4. The molecule has 1 aliphatic carbocycles. The monoisotopic (exact) mass is 419 g/mol. The second kappa shape index (κ2) is 7.85. The van der Waals surface area contributed by atoms with Crippen LogP contribution < -0.4 is 10.9 Å². The summed E-state index contributed by atoms with van der Waals surface area (Å²) in [6.45, 7) is 0.881. The van der Waals surface area contributed by atoms with E-state index in [0.717, 1.165) is 17.8 Å². The van der Waals surface area contributed by atoms with Gasteiger partial charge in [0.2, 0.25) is 0 Å². The van der Waals surface area contributed by atoms with Crippen LogP contribution in [0.3, 0.4) is 0 Å². The Labute approximate surface area is 177 Å². The second-order valence-corrected chi connectivity index (χ2v) is 7.69. The third kappa shape index (κ3) is 4.03. The molecule has 0 spiro atoms. The van der Waals surface area contributed by atoms with Gasteiger partial charge in [0.1, 0.15) is 16.4 Å². The number of pyridine rings is 1. The van der Waals surface area contributed by atoms with Crippen LogP contribution in [0.25, 0.3) is 34.0 Å². The molecule has 1 aromatic carbocycles. The lowest BCUT2D eigenvalue weighted by Gasteiger charge is -2.03. The van der Waals surface area contributed by atoms with Crippen LogP contribution in [0.2, 0.25) is 5.02 Å². The Morgan fingerprint density at radius 1 is 1.07 bits per heavy atom. The van der Waals surface area contributed by atoms with E-state index in [4.69, 9.17) is 16.1 Å². The summed E-state index contributed by atoms with van der Waals surface area (Å²) in [4.78, 5) is 22.8. The van der Waals surface area contributed by atoms with Crippen molar-refractivity contribution in [1.29, 1.82) is 0 Å². The molecule has 3 aromatic heterocycles. The van der Waals surface area contributed by atoms with Crippen LogP contribution in [0.5, 0.6) is 0 Å². The van der Waals surface area contributed by atoms with Crippen molar-refractivity contribution in [2.45, 2.75) is 25.4 Å². The van der Waals surface area contributed by atoms with Crippen molar-refractivity contribution >= 4 is 11.6 Å². The SMILES string of the molecule is O=c1[nH]cc(-c2cncc(-c3cc(-c4ccc(CNC5CC5)cc4)no3)n2)cc1Cl. The van der Waals surface area contributed by atoms with Gasteiger partial charge in [-0.3, -0.25) is 9.78 Å². The standard InChI is InChI=1S/C22H18ClN5O2/c23-17-7-15(10-26-22(17)29)19-11-24-12-20(27-19)21-8-18(28-30-21)14-3-1-13(2-4-14)9-25-16-5-6-16/h1-4,7-8,10-12,16,25H,5-6,9H2,(H,26,29). The average molecular weight is 420 g/mol. The number of hydrogen-bond acceptors (Lipinski definition) is 6. The van der Waals surface area contributed by atoms with Crippen LogP contribution in [0, 0.1) is 0 Å². The van der Waals surface area contributed by atoms with Gasteiger partial charge in [-0.05, 0) is 24.5 Å². The molecule has 0 radical (unpaired) electrons. The third-order valence-electron chi connectivity index (χ3n) is 4.97. The molecule has 150 valence electrons. The summed E-state index contributed by atoms with van der Waals surface area (Å²) in [6, 6.07) is 12.3. The molecule has 0 aliphatic heterocycles. The normalized spacial score (nSPS) is 13.5. The number of halogens is 1. The van der Waals surface area contributed by atoms with Crippen molar-refractivity contribution in [3.05, 3.63) is 75.9 Å². The van der Waals surface area contributed by atoms with E-state index in [9.17, 15) is 4.79 Å². The maximum Gasteiger partial charge on any atom is 0.266 e. The third-order valence-corrected chi connectivity index (χ3v) is 5.25. The van der Waals surface area contributed by atoms with Crippen LogP contribution in [0.15, 0.2) is 64.3 Å². The highest BCUT2D eigenvalue weighted by Gasteiger charge is 2.20. The van der Waals surface area contributed by atoms with Gasteiger partial charge >= 0.3 is 0 Å². The van der Waals surface area contributed by atoms with Crippen LogP contribution in [0.4, 0.5) is 0 Å². The summed E-state index contributed by atoms with van der Waals surface area (Å²) in [7, 11) is 0. The van der Waals surface area contributed by atoms with Crippen LogP contribution in [-0.4, -0.2) is 26.2 Å². The molecule has 0 unspecified atom stereocenters. The Morgan fingerprint density at radius 2 is 1.87 bits per heavy atom. The van der Waals surface area contributed by atoms with Crippen LogP contribution in [-0.2, 0) is 6.54 Å². The van der Waals surface area contributed by atoms with Crippen LogP contribution >= 0.6 is 11.6 Å². The fraction of sp³-hybridized carbons (Fsp3) is 0.182. The molecular formula is C22H18ClN5O2. The van der Waals surface area contributed by atoms with Crippen molar-refractivity contribution in [2.24, 2.45) is 0 Å². The van der Waals surface area contributed by atoms with E-state index in [2.05, 4.69) is 37.6 Å². The molecular weight excluding hydrogens is 402 g/mol. The van der Waals surface area contributed by atoms with E-state index in [1.165, 1.54) is 18.4 Å². The predicted octanol–water partition coefficient (Wildman–Crippen LogP) is 4.06. The molecule has 2 N–H and O–H groups in total. The van der Waals surface area contributed by atoms with E-state index in [1.54, 1.807) is 24.7 Å². The van der Waals surface area contributed by atoms with E-state index < -0.39 is 0 Å². The Kier molecular flexibility index (Phi) is 4.90. The summed E-state index contributed by atoms with van der Waals surface area (Å²) in [5.74, 6) is 0.509. The average Bonchev–Trinajstić information content (AvgIpc) is 3.48. The summed E-state index contributed by atoms with van der Waals surface area (Å²) in [5, 5.41) is 7.78. The van der Waals surface area contributed by atoms with E-state index in [-0.39, 0.29) is 10.6 Å². The van der Waals surface area contributed by atoms with Crippen molar-refractivity contribution in [1.82, 2.24) is 25.4 Å². The van der Waals surface area contributed by atoms with Gasteiger partial charge in [0.15, 0.2) is 5.76 Å². The Morgan fingerprint density at radius 3 is 2.63 bits per heavy atom. The summed E-state index contributed by atoms with van der Waals surface area (Å²) in [6.07, 6.45) is 7.30. The van der Waals surface area contributed by atoms with Crippen LogP contribution in [0.1, 0.15) is 18.4 Å². The van der Waals surface area contributed by atoms with Gasteiger partial charge in [-0.25, -0.2) is 4.98 Å². The van der Waals surface area contributed by atoms with Crippen molar-refractivity contribution < 1.29 is 4.52 Å². The molecule has 30 heavy (non-hydrogen) atoms. The van der Waals surface area contributed by atoms with E-state index >= 15 is 0 Å². The number of benzene rings is 1. The molecule has 1 aliphatic rings. The first-order valence-corrected chi connectivity index (χ1v) is 10.0. The topological polar surface area (TPSA) is 96.7 Å². The molecule has 0 amide bonds. The summed E-state index contributed by atoms with van der Waals surface area (Å²) in [5.41, 5.74) is 4.35.